The van der Waals surface area contributed by atoms with Crippen molar-refractivity contribution in [1.29, 1.82) is 5.26 Å². The maximum absolute atomic E-state index is 12.5. The van der Waals surface area contributed by atoms with Crippen LogP contribution < -0.4 is 5.56 Å². The number of hydrogen-bond donors (Lipinski definition) is 1. The van der Waals surface area contributed by atoms with Crippen molar-refractivity contribution in [2.45, 2.75) is 26.2 Å². The Labute approximate surface area is 162 Å². The smallest absolute Gasteiger partial charge is 0.270 e. The first-order valence-electron chi connectivity index (χ1n) is 8.74. The number of nitriles is 1. The van der Waals surface area contributed by atoms with E-state index in [4.69, 9.17) is 0 Å². The molecule has 1 heterocycles. The molecule has 0 saturated heterocycles. The number of H-pyrrole nitrogens is 1. The van der Waals surface area contributed by atoms with Gasteiger partial charge in [0.1, 0.15) is 11.6 Å². The summed E-state index contributed by atoms with van der Waals surface area (Å²) in [6, 6.07) is 17.4. The summed E-state index contributed by atoms with van der Waals surface area (Å²) in [4.78, 5) is 25.7. The van der Waals surface area contributed by atoms with Crippen molar-refractivity contribution < 1.29 is 4.92 Å². The van der Waals surface area contributed by atoms with Crippen LogP contribution in [0.25, 0.3) is 22.4 Å². The zero-order valence-corrected chi connectivity index (χ0v) is 15.8. The molecule has 0 amide bonds. The predicted octanol–water partition coefficient (Wildman–Crippen LogP) is 4.79. The number of nitrogens with zero attached hydrogens (tertiary/aromatic N) is 2. The lowest BCUT2D eigenvalue weighted by atomic mass is 9.86. The molecule has 28 heavy (non-hydrogen) atoms. The minimum Gasteiger partial charge on any atom is -0.321 e. The monoisotopic (exact) mass is 373 g/mol. The van der Waals surface area contributed by atoms with Crippen LogP contribution in [-0.4, -0.2) is 9.91 Å². The van der Waals surface area contributed by atoms with Crippen molar-refractivity contribution in [2.24, 2.45) is 0 Å². The van der Waals surface area contributed by atoms with E-state index in [0.717, 1.165) is 11.1 Å². The summed E-state index contributed by atoms with van der Waals surface area (Å²) >= 11 is 0. The summed E-state index contributed by atoms with van der Waals surface area (Å²) < 4.78 is 0. The number of hydrogen-bond acceptors (Lipinski definition) is 4. The van der Waals surface area contributed by atoms with Gasteiger partial charge in [0.25, 0.3) is 11.2 Å². The van der Waals surface area contributed by atoms with E-state index < -0.39 is 10.5 Å². The van der Waals surface area contributed by atoms with Gasteiger partial charge >= 0.3 is 0 Å². The number of nitro groups is 1. The van der Waals surface area contributed by atoms with Crippen molar-refractivity contribution in [3.05, 3.63) is 86.2 Å². The third kappa shape index (κ3) is 3.69. The molecule has 0 aliphatic carbocycles. The summed E-state index contributed by atoms with van der Waals surface area (Å²) in [6.07, 6.45) is 0. The molecule has 1 aromatic heterocycles. The molecule has 1 N–H and O–H groups in total. The maximum atomic E-state index is 12.5. The number of nitrogens with one attached hydrogen (secondary N) is 1. The standard InChI is InChI=1S/C22H19N3O3/c1-22(2,3)16-9-7-14(8-10-16)18-12-20(24-21(26)19(18)13-23)15-5-4-6-17(11-15)25(27)28/h4-12H,1-3H3,(H,24,26). The molecule has 0 unspecified atom stereocenters. The minimum atomic E-state index is -0.526. The molecule has 0 bridgehead atoms. The minimum absolute atomic E-state index is 0.0117. The SMILES string of the molecule is CC(C)(C)c1ccc(-c2cc(-c3cccc([N+](=O)[O-])c3)[nH]c(=O)c2C#N)cc1. The highest BCUT2D eigenvalue weighted by Gasteiger charge is 2.16. The van der Waals surface area contributed by atoms with Crippen LogP contribution >= 0.6 is 0 Å². The molecule has 0 fully saturated rings. The van der Waals surface area contributed by atoms with Gasteiger partial charge in [-0.1, -0.05) is 57.2 Å². The third-order valence-electron chi connectivity index (χ3n) is 4.57. The molecule has 0 saturated carbocycles. The summed E-state index contributed by atoms with van der Waals surface area (Å²) in [5.74, 6) is 0. The lowest BCUT2D eigenvalue weighted by Gasteiger charge is -2.19. The van der Waals surface area contributed by atoms with Crippen molar-refractivity contribution in [1.82, 2.24) is 4.98 Å². The molecule has 0 atom stereocenters. The van der Waals surface area contributed by atoms with Crippen LogP contribution in [0.2, 0.25) is 0 Å². The Bertz CT molecular complexity index is 1150. The molecule has 3 rings (SSSR count). The van der Waals surface area contributed by atoms with Crippen LogP contribution in [0.5, 0.6) is 0 Å². The Morgan fingerprint density at radius 2 is 1.71 bits per heavy atom. The molecule has 0 spiro atoms. The van der Waals surface area contributed by atoms with Gasteiger partial charge in [0.05, 0.1) is 4.92 Å². The predicted molar refractivity (Wildman–Crippen MR) is 108 cm³/mol. The van der Waals surface area contributed by atoms with E-state index in [1.165, 1.54) is 12.1 Å². The summed E-state index contributed by atoms with van der Waals surface area (Å²) in [6.45, 7) is 6.32. The van der Waals surface area contributed by atoms with Crippen LogP contribution in [0, 0.1) is 21.4 Å². The fourth-order valence-electron chi connectivity index (χ4n) is 2.99. The number of non-ortho nitro benzene ring substituents is 1. The Morgan fingerprint density at radius 3 is 2.29 bits per heavy atom. The molecular formula is C22H19N3O3. The number of pyridine rings is 1. The van der Waals surface area contributed by atoms with Gasteiger partial charge in [-0.25, -0.2) is 0 Å². The largest absolute Gasteiger partial charge is 0.321 e. The van der Waals surface area contributed by atoms with Gasteiger partial charge in [0.15, 0.2) is 0 Å². The van der Waals surface area contributed by atoms with Crippen LogP contribution in [0.1, 0.15) is 31.9 Å². The number of aromatic amines is 1. The highest BCUT2D eigenvalue weighted by Crippen LogP contribution is 2.30. The molecule has 0 aliphatic heterocycles. The molecule has 0 aliphatic rings. The number of rotatable bonds is 3. The first kappa shape index (κ1) is 19.1. The second kappa shape index (κ2) is 7.12. The van der Waals surface area contributed by atoms with Gasteiger partial charge in [-0.05, 0) is 22.6 Å². The molecule has 3 aromatic rings. The van der Waals surface area contributed by atoms with E-state index in [-0.39, 0.29) is 16.7 Å². The highest BCUT2D eigenvalue weighted by atomic mass is 16.6. The normalized spacial score (nSPS) is 11.1. The van der Waals surface area contributed by atoms with Crippen LogP contribution in [0.3, 0.4) is 0 Å². The van der Waals surface area contributed by atoms with Gasteiger partial charge in [-0.15, -0.1) is 0 Å². The van der Waals surface area contributed by atoms with Crippen LogP contribution in [0.15, 0.2) is 59.4 Å². The Balaban J connectivity index is 2.17. The van der Waals surface area contributed by atoms with Crippen molar-refractivity contribution in [2.75, 3.05) is 0 Å². The topological polar surface area (TPSA) is 99.8 Å². The Morgan fingerprint density at radius 1 is 1.04 bits per heavy atom. The molecular weight excluding hydrogens is 354 g/mol. The van der Waals surface area contributed by atoms with Crippen molar-refractivity contribution in [3.8, 4) is 28.5 Å². The average Bonchev–Trinajstić information content (AvgIpc) is 2.67. The first-order chi connectivity index (χ1) is 13.2. The number of benzene rings is 2. The second-order valence-electron chi connectivity index (χ2n) is 7.55. The van der Waals surface area contributed by atoms with E-state index >= 15 is 0 Å². The molecule has 0 radical (unpaired) electrons. The van der Waals surface area contributed by atoms with Crippen molar-refractivity contribution >= 4 is 5.69 Å². The third-order valence-corrected chi connectivity index (χ3v) is 4.57. The molecule has 6 nitrogen and oxygen atoms in total. The Hall–Kier alpha value is -3.72. The average molecular weight is 373 g/mol. The highest BCUT2D eigenvalue weighted by molar-refractivity contribution is 5.76. The van der Waals surface area contributed by atoms with Crippen LogP contribution in [-0.2, 0) is 5.41 Å². The van der Waals surface area contributed by atoms with Gasteiger partial charge in [0.2, 0.25) is 0 Å². The lowest BCUT2D eigenvalue weighted by Crippen LogP contribution is -2.13. The zero-order chi connectivity index (χ0) is 20.5. The van der Waals surface area contributed by atoms with Gasteiger partial charge in [-0.3, -0.25) is 14.9 Å². The summed E-state index contributed by atoms with van der Waals surface area (Å²) in [7, 11) is 0. The summed E-state index contributed by atoms with van der Waals surface area (Å²) in [5.41, 5.74) is 2.69. The molecule has 140 valence electrons. The second-order valence-corrected chi connectivity index (χ2v) is 7.55. The molecule has 2 aromatic carbocycles. The fraction of sp³-hybridized carbons (Fsp3) is 0.182. The van der Waals surface area contributed by atoms with Crippen LogP contribution in [0.4, 0.5) is 5.69 Å². The fourth-order valence-corrected chi connectivity index (χ4v) is 2.99. The quantitative estimate of drug-likeness (QED) is 0.527. The first-order valence-corrected chi connectivity index (χ1v) is 8.74. The summed E-state index contributed by atoms with van der Waals surface area (Å²) in [5, 5.41) is 20.5. The zero-order valence-electron chi connectivity index (χ0n) is 15.8. The van der Waals surface area contributed by atoms with Gasteiger partial charge in [0, 0.05) is 29.0 Å². The van der Waals surface area contributed by atoms with E-state index in [2.05, 4.69) is 25.8 Å². The van der Waals surface area contributed by atoms with E-state index in [9.17, 15) is 20.2 Å². The number of aromatic nitrogens is 1. The maximum Gasteiger partial charge on any atom is 0.270 e. The van der Waals surface area contributed by atoms with Crippen molar-refractivity contribution in [3.63, 3.8) is 0 Å². The van der Waals surface area contributed by atoms with Gasteiger partial charge < -0.3 is 4.98 Å². The lowest BCUT2D eigenvalue weighted by molar-refractivity contribution is -0.384. The molecule has 6 heteroatoms. The number of nitro benzene ring substituents is 1. The Kier molecular flexibility index (Phi) is 4.85. The van der Waals surface area contributed by atoms with E-state index in [1.54, 1.807) is 18.2 Å². The van der Waals surface area contributed by atoms with E-state index in [1.807, 2.05) is 30.3 Å². The van der Waals surface area contributed by atoms with E-state index in [0.29, 0.717) is 16.8 Å². The van der Waals surface area contributed by atoms with Gasteiger partial charge in [-0.2, -0.15) is 5.26 Å².